The number of aliphatic hydroxyl groups excluding tert-OH is 5. The Kier molecular flexibility index (Phi) is 40.3. The summed E-state index contributed by atoms with van der Waals surface area (Å²) < 4.78 is 17.4. The molecule has 1 saturated heterocycles. The minimum absolute atomic E-state index is 0.0661. The number of esters is 1. The highest BCUT2D eigenvalue weighted by Gasteiger charge is 2.47. The molecule has 0 aromatic carbocycles. The molecule has 1 heterocycles. The molecule has 0 bridgehead atoms. The molecule has 11 nitrogen and oxygen atoms in total. The monoisotopic (exact) mass is 940 g/mol. The van der Waals surface area contributed by atoms with Gasteiger partial charge in [-0.1, -0.05) is 208 Å². The van der Waals surface area contributed by atoms with Crippen LogP contribution in [0.15, 0.2) is 97.2 Å². The van der Waals surface area contributed by atoms with E-state index in [1.165, 1.54) is 51.4 Å². The van der Waals surface area contributed by atoms with E-state index in [-0.39, 0.29) is 19.4 Å². The fraction of sp³-hybridized carbons (Fsp3) is 0.679. The number of hydrogen-bond donors (Lipinski definition) is 6. The number of allylic oxidation sites excluding steroid dienone is 15. The lowest BCUT2D eigenvalue weighted by atomic mass is 9.99. The van der Waals surface area contributed by atoms with Crippen LogP contribution in [0.5, 0.6) is 0 Å². The van der Waals surface area contributed by atoms with Crippen molar-refractivity contribution in [3.05, 3.63) is 97.2 Å². The number of aliphatic hydroxyl groups is 5. The summed E-state index contributed by atoms with van der Waals surface area (Å²) in [5, 5.41) is 56.5. The highest BCUT2D eigenvalue weighted by atomic mass is 16.7. The topological polar surface area (TPSA) is 175 Å². The molecule has 1 rings (SSSR count). The van der Waals surface area contributed by atoms with E-state index in [1.54, 1.807) is 6.08 Å². The predicted octanol–water partition coefficient (Wildman–Crippen LogP) is 10.8. The van der Waals surface area contributed by atoms with E-state index < -0.39 is 67.4 Å². The largest absolute Gasteiger partial charge is 0.454 e. The highest BCUT2D eigenvalue weighted by molar-refractivity contribution is 5.80. The molecule has 0 aromatic rings. The van der Waals surface area contributed by atoms with Gasteiger partial charge in [0.15, 0.2) is 12.4 Å². The zero-order valence-electron chi connectivity index (χ0n) is 41.7. The van der Waals surface area contributed by atoms with Gasteiger partial charge in [-0.2, -0.15) is 0 Å². The molecule has 1 amide bonds. The molecule has 0 radical (unpaired) electrons. The number of ether oxygens (including phenoxy) is 3. The van der Waals surface area contributed by atoms with E-state index in [0.717, 1.165) is 83.5 Å². The number of rotatable bonds is 41. The molecule has 1 aliphatic heterocycles. The van der Waals surface area contributed by atoms with Gasteiger partial charge in [0.2, 0.25) is 5.91 Å². The number of carbonyl (C=O) groups excluding carboxylic acids is 2. The van der Waals surface area contributed by atoms with Gasteiger partial charge in [0, 0.05) is 6.42 Å². The van der Waals surface area contributed by atoms with E-state index in [9.17, 15) is 35.1 Å². The number of nitrogens with one attached hydrogen (secondary N) is 1. The van der Waals surface area contributed by atoms with E-state index >= 15 is 0 Å². The summed E-state index contributed by atoms with van der Waals surface area (Å²) in [6.45, 7) is 5.51. The fourth-order valence-corrected chi connectivity index (χ4v) is 7.43. The summed E-state index contributed by atoms with van der Waals surface area (Å²) in [6, 6.07) is -1.04. The van der Waals surface area contributed by atoms with Gasteiger partial charge in [-0.05, 0) is 64.2 Å². The second-order valence-electron chi connectivity index (χ2n) is 17.7. The number of carbonyl (C=O) groups is 2. The molecular weight excluding hydrogens is 847 g/mol. The molecule has 67 heavy (non-hydrogen) atoms. The van der Waals surface area contributed by atoms with Crippen molar-refractivity contribution in [2.75, 3.05) is 13.2 Å². The average Bonchev–Trinajstić information content (AvgIpc) is 3.32. The maximum atomic E-state index is 13.3. The van der Waals surface area contributed by atoms with Crippen LogP contribution >= 0.6 is 0 Å². The van der Waals surface area contributed by atoms with Crippen LogP contribution in [-0.4, -0.2) is 99.6 Å². The maximum Gasteiger partial charge on any atom is 0.306 e. The maximum absolute atomic E-state index is 13.3. The van der Waals surface area contributed by atoms with Crippen molar-refractivity contribution in [2.24, 2.45) is 0 Å². The normalized spacial score (nSPS) is 20.9. The Morgan fingerprint density at radius 3 is 1.70 bits per heavy atom. The van der Waals surface area contributed by atoms with E-state index in [4.69, 9.17) is 14.2 Å². The first kappa shape index (κ1) is 61.6. The van der Waals surface area contributed by atoms with Crippen molar-refractivity contribution in [3.8, 4) is 0 Å². The van der Waals surface area contributed by atoms with Crippen molar-refractivity contribution in [3.63, 3.8) is 0 Å². The summed E-state index contributed by atoms with van der Waals surface area (Å²) >= 11 is 0. The third-order valence-corrected chi connectivity index (χ3v) is 11.6. The minimum atomic E-state index is -1.64. The van der Waals surface area contributed by atoms with Gasteiger partial charge in [0.1, 0.15) is 24.4 Å². The molecule has 0 aliphatic carbocycles. The van der Waals surface area contributed by atoms with Gasteiger partial charge >= 0.3 is 5.97 Å². The van der Waals surface area contributed by atoms with Gasteiger partial charge in [-0.3, -0.25) is 9.59 Å². The Hall–Kier alpha value is -3.42. The van der Waals surface area contributed by atoms with Crippen molar-refractivity contribution in [2.45, 2.75) is 230 Å². The molecule has 11 heteroatoms. The summed E-state index contributed by atoms with van der Waals surface area (Å²) in [7, 11) is 0. The predicted molar refractivity (Wildman–Crippen MR) is 273 cm³/mol. The Labute approximate surface area is 405 Å². The highest BCUT2D eigenvalue weighted by Crippen LogP contribution is 2.26. The van der Waals surface area contributed by atoms with Crippen molar-refractivity contribution < 1.29 is 49.3 Å². The Morgan fingerprint density at radius 2 is 1.10 bits per heavy atom. The van der Waals surface area contributed by atoms with Crippen molar-refractivity contribution in [1.29, 1.82) is 0 Å². The minimum Gasteiger partial charge on any atom is -0.454 e. The first-order chi connectivity index (χ1) is 32.7. The Balaban J connectivity index is 2.81. The van der Waals surface area contributed by atoms with E-state index in [1.807, 2.05) is 66.8 Å². The summed E-state index contributed by atoms with van der Waals surface area (Å²) in [4.78, 5) is 26.3. The lowest BCUT2D eigenvalue weighted by molar-refractivity contribution is -0.305. The van der Waals surface area contributed by atoms with Crippen LogP contribution in [0.25, 0.3) is 0 Å². The van der Waals surface area contributed by atoms with Crippen LogP contribution in [0.1, 0.15) is 181 Å². The average molecular weight is 940 g/mol. The second kappa shape index (κ2) is 43.8. The molecule has 382 valence electrons. The molecule has 8 unspecified atom stereocenters. The third kappa shape index (κ3) is 32.9. The molecule has 0 saturated carbocycles. The van der Waals surface area contributed by atoms with Crippen LogP contribution in [0, 0.1) is 0 Å². The summed E-state index contributed by atoms with van der Waals surface area (Å²) in [6.07, 6.45) is 46.0. The molecule has 6 N–H and O–H groups in total. The molecule has 1 fully saturated rings. The van der Waals surface area contributed by atoms with Crippen molar-refractivity contribution in [1.82, 2.24) is 5.32 Å². The summed E-state index contributed by atoms with van der Waals surface area (Å²) in [5.74, 6) is -1.26. The molecule has 0 aromatic heterocycles. The summed E-state index contributed by atoms with van der Waals surface area (Å²) in [5.41, 5.74) is 0. The van der Waals surface area contributed by atoms with Crippen LogP contribution in [0.3, 0.4) is 0 Å². The third-order valence-electron chi connectivity index (χ3n) is 11.6. The van der Waals surface area contributed by atoms with Crippen LogP contribution in [0.2, 0.25) is 0 Å². The molecule has 1 aliphatic rings. The smallest absolute Gasteiger partial charge is 0.306 e. The van der Waals surface area contributed by atoms with Gasteiger partial charge in [-0.25, -0.2) is 0 Å². The second-order valence-corrected chi connectivity index (χ2v) is 17.7. The van der Waals surface area contributed by atoms with Crippen LogP contribution in [-0.2, 0) is 23.8 Å². The van der Waals surface area contributed by atoms with Crippen LogP contribution in [0.4, 0.5) is 0 Å². The van der Waals surface area contributed by atoms with Gasteiger partial charge < -0.3 is 45.1 Å². The van der Waals surface area contributed by atoms with Gasteiger partial charge in [0.05, 0.1) is 25.4 Å². The van der Waals surface area contributed by atoms with E-state index in [2.05, 4.69) is 50.4 Å². The standard InChI is InChI=1S/C56H93NO10/c1-4-7-10-13-16-19-22-23-24-25-26-27-29-32-35-38-41-44-51(61)67-54-53(63)52(62)50(45-58)66-56(54)65-46-47(48(59)42-39-36-33-31-28-20-17-14-11-8-5-2)57-55(64)49(60)43-40-37-34-30-21-18-15-12-9-6-3/h7,10,13,15-16,18-19,22-27,29,39,42,47-50,52-54,56,58-60,62-63H,4-6,8-9,11-12,14,17,20-21,28,30-38,40-41,43-46H2,1-3H3,(H,57,64)/b10-7-,16-13+,18-15-,22-19+,24-23-,26-25+,29-27+,42-39+. The first-order valence-corrected chi connectivity index (χ1v) is 26.1. The number of hydrogen-bond acceptors (Lipinski definition) is 10. The van der Waals surface area contributed by atoms with Gasteiger partial charge in [-0.15, -0.1) is 0 Å². The van der Waals surface area contributed by atoms with Crippen molar-refractivity contribution >= 4 is 11.9 Å². The van der Waals surface area contributed by atoms with Gasteiger partial charge in [0.25, 0.3) is 0 Å². The fourth-order valence-electron chi connectivity index (χ4n) is 7.43. The lowest BCUT2D eigenvalue weighted by Gasteiger charge is -2.41. The van der Waals surface area contributed by atoms with E-state index in [0.29, 0.717) is 12.8 Å². The lowest BCUT2D eigenvalue weighted by Crippen LogP contribution is -2.61. The first-order valence-electron chi connectivity index (χ1n) is 26.1. The number of amides is 1. The zero-order valence-corrected chi connectivity index (χ0v) is 41.7. The molecule has 0 spiro atoms. The molecule has 8 atom stereocenters. The number of unbranched alkanes of at least 4 members (excludes halogenated alkanes) is 18. The molecular formula is C56H93NO10. The zero-order chi connectivity index (χ0) is 49.0. The Morgan fingerprint density at radius 1 is 0.597 bits per heavy atom. The SMILES string of the molecule is CC\C=C/C=C/C=C/C=C\C=C\C=C\CCCCCC(=O)OC1C(OCC(NC(=O)C(O)CCCCCC/C=C\CCCC)C(O)/C=C/CCCCCCCCCCC)OC(CO)C(O)C1O. The quantitative estimate of drug-likeness (QED) is 0.0150. The van der Waals surface area contributed by atoms with Crippen LogP contribution < -0.4 is 5.32 Å². The Bertz CT molecular complexity index is 1450.